The van der Waals surface area contributed by atoms with Crippen molar-refractivity contribution >= 4 is 11.8 Å². The van der Waals surface area contributed by atoms with Crippen molar-refractivity contribution in [3.05, 3.63) is 23.8 Å². The number of nitrogens with one attached hydrogen (secondary N) is 1. The van der Waals surface area contributed by atoms with Crippen LogP contribution in [0.5, 0.6) is 11.5 Å². The molecule has 0 aromatic heterocycles. The van der Waals surface area contributed by atoms with Gasteiger partial charge in [0.15, 0.2) is 11.5 Å². The van der Waals surface area contributed by atoms with E-state index < -0.39 is 0 Å². The van der Waals surface area contributed by atoms with Crippen molar-refractivity contribution in [2.45, 2.75) is 38.1 Å². The molecule has 152 valence electrons. The first-order chi connectivity index (χ1) is 13.7. The van der Waals surface area contributed by atoms with Gasteiger partial charge in [0.2, 0.25) is 12.7 Å². The van der Waals surface area contributed by atoms with E-state index in [1.54, 1.807) is 23.1 Å². The molecule has 2 amide bonds. The maximum atomic E-state index is 13.1. The minimum absolute atomic E-state index is 0.0990. The van der Waals surface area contributed by atoms with Gasteiger partial charge in [0, 0.05) is 25.2 Å². The molecule has 0 radical (unpaired) electrons. The fourth-order valence-electron chi connectivity index (χ4n) is 4.46. The number of carbonyl (C=O) groups is 2. The zero-order valence-electron chi connectivity index (χ0n) is 16.5. The SMILES string of the molecule is CNCCC1CCN(C(=O)C2CCCN2C(=O)c2ccc3c(c2)OCO3)CC1. The Morgan fingerprint density at radius 2 is 1.89 bits per heavy atom. The average Bonchev–Trinajstić information content (AvgIpc) is 3.40. The molecule has 2 saturated heterocycles. The second kappa shape index (κ2) is 8.39. The highest BCUT2D eigenvalue weighted by atomic mass is 16.7. The van der Waals surface area contributed by atoms with Crippen LogP contribution in [0, 0.1) is 5.92 Å². The molecule has 1 N–H and O–H groups in total. The van der Waals surface area contributed by atoms with Gasteiger partial charge in [-0.05, 0) is 69.8 Å². The summed E-state index contributed by atoms with van der Waals surface area (Å²) in [6.45, 7) is 3.44. The van der Waals surface area contributed by atoms with Crippen molar-refractivity contribution < 1.29 is 19.1 Å². The Morgan fingerprint density at radius 3 is 2.68 bits per heavy atom. The number of piperidine rings is 1. The highest BCUT2D eigenvalue weighted by molar-refractivity contribution is 5.98. The second-order valence-corrected chi connectivity index (χ2v) is 7.89. The van der Waals surface area contributed by atoms with Crippen molar-refractivity contribution in [3.8, 4) is 11.5 Å². The third-order valence-electron chi connectivity index (χ3n) is 6.15. The first-order valence-corrected chi connectivity index (χ1v) is 10.3. The normalized spacial score (nSPS) is 22.0. The summed E-state index contributed by atoms with van der Waals surface area (Å²) in [5, 5.41) is 3.20. The van der Waals surface area contributed by atoms with Crippen LogP contribution in [0.1, 0.15) is 42.5 Å². The van der Waals surface area contributed by atoms with Crippen LogP contribution < -0.4 is 14.8 Å². The molecule has 3 aliphatic heterocycles. The molecule has 7 nitrogen and oxygen atoms in total. The summed E-state index contributed by atoms with van der Waals surface area (Å²) < 4.78 is 10.7. The van der Waals surface area contributed by atoms with Crippen LogP contribution in [0.4, 0.5) is 0 Å². The molecule has 0 aliphatic carbocycles. The van der Waals surface area contributed by atoms with Gasteiger partial charge < -0.3 is 24.6 Å². The van der Waals surface area contributed by atoms with E-state index in [4.69, 9.17) is 9.47 Å². The third-order valence-corrected chi connectivity index (χ3v) is 6.15. The van der Waals surface area contributed by atoms with Gasteiger partial charge in [-0.3, -0.25) is 9.59 Å². The van der Waals surface area contributed by atoms with Crippen molar-refractivity contribution in [3.63, 3.8) is 0 Å². The maximum Gasteiger partial charge on any atom is 0.254 e. The summed E-state index contributed by atoms with van der Waals surface area (Å²) in [7, 11) is 1.98. The largest absolute Gasteiger partial charge is 0.454 e. The Labute approximate surface area is 166 Å². The number of hydrogen-bond donors (Lipinski definition) is 1. The van der Waals surface area contributed by atoms with Crippen molar-refractivity contribution in [1.82, 2.24) is 15.1 Å². The Kier molecular flexibility index (Phi) is 5.71. The van der Waals surface area contributed by atoms with Gasteiger partial charge in [0.05, 0.1) is 0 Å². The lowest BCUT2D eigenvalue weighted by Gasteiger charge is -2.35. The number of rotatable bonds is 5. The quantitative estimate of drug-likeness (QED) is 0.835. The highest BCUT2D eigenvalue weighted by Crippen LogP contribution is 2.34. The summed E-state index contributed by atoms with van der Waals surface area (Å²) in [4.78, 5) is 29.9. The highest BCUT2D eigenvalue weighted by Gasteiger charge is 2.38. The number of likely N-dealkylation sites (tertiary alicyclic amines) is 2. The van der Waals surface area contributed by atoms with Gasteiger partial charge in [-0.15, -0.1) is 0 Å². The molecule has 3 aliphatic rings. The number of fused-ring (bicyclic) bond motifs is 1. The fraction of sp³-hybridized carbons (Fsp3) is 0.619. The Balaban J connectivity index is 1.39. The van der Waals surface area contributed by atoms with Gasteiger partial charge in [-0.1, -0.05) is 0 Å². The van der Waals surface area contributed by atoms with Gasteiger partial charge in [0.1, 0.15) is 6.04 Å². The molecular formula is C21H29N3O4. The Hall–Kier alpha value is -2.28. The molecule has 0 bridgehead atoms. The van der Waals surface area contributed by atoms with E-state index in [9.17, 15) is 9.59 Å². The number of amides is 2. The lowest BCUT2D eigenvalue weighted by atomic mass is 9.93. The van der Waals surface area contributed by atoms with Crippen molar-refractivity contribution in [1.29, 1.82) is 0 Å². The van der Waals surface area contributed by atoms with E-state index in [1.165, 1.54) is 0 Å². The van der Waals surface area contributed by atoms with Crippen LogP contribution >= 0.6 is 0 Å². The zero-order valence-corrected chi connectivity index (χ0v) is 16.5. The molecule has 0 spiro atoms. The van der Waals surface area contributed by atoms with E-state index in [0.29, 0.717) is 29.5 Å². The van der Waals surface area contributed by atoms with E-state index >= 15 is 0 Å². The lowest BCUT2D eigenvalue weighted by molar-refractivity contribution is -0.136. The predicted molar refractivity (Wildman–Crippen MR) is 104 cm³/mol. The molecule has 1 aromatic rings. The van der Waals surface area contributed by atoms with Crippen molar-refractivity contribution in [2.24, 2.45) is 5.92 Å². The van der Waals surface area contributed by atoms with E-state index in [-0.39, 0.29) is 24.6 Å². The molecule has 28 heavy (non-hydrogen) atoms. The first kappa shape index (κ1) is 19.1. The first-order valence-electron chi connectivity index (χ1n) is 10.3. The van der Waals surface area contributed by atoms with Crippen LogP contribution in [0.25, 0.3) is 0 Å². The van der Waals surface area contributed by atoms with E-state index in [0.717, 1.165) is 51.7 Å². The van der Waals surface area contributed by atoms with Crippen LogP contribution in [0.2, 0.25) is 0 Å². The van der Waals surface area contributed by atoms with Crippen molar-refractivity contribution in [2.75, 3.05) is 40.0 Å². The van der Waals surface area contributed by atoms with E-state index in [2.05, 4.69) is 5.32 Å². The predicted octanol–water partition coefficient (Wildman–Crippen LogP) is 1.87. The lowest BCUT2D eigenvalue weighted by Crippen LogP contribution is -2.50. The smallest absolute Gasteiger partial charge is 0.254 e. The standard InChI is InChI=1S/C21H29N3O4/c1-22-9-6-15-7-11-23(12-8-15)21(26)17-3-2-10-24(17)20(25)16-4-5-18-19(13-16)28-14-27-18/h4-5,13,15,17,22H,2-3,6-12,14H2,1H3. The number of ether oxygens (including phenoxy) is 2. The maximum absolute atomic E-state index is 13.1. The monoisotopic (exact) mass is 387 g/mol. The van der Waals surface area contributed by atoms with Crippen LogP contribution in [-0.2, 0) is 4.79 Å². The van der Waals surface area contributed by atoms with Crippen LogP contribution in [-0.4, -0.2) is 67.7 Å². The molecule has 7 heteroatoms. The minimum atomic E-state index is -0.341. The van der Waals surface area contributed by atoms with Crippen LogP contribution in [0.3, 0.4) is 0 Å². The molecule has 1 aromatic carbocycles. The van der Waals surface area contributed by atoms with E-state index in [1.807, 2.05) is 11.9 Å². The van der Waals surface area contributed by atoms with Gasteiger partial charge in [-0.2, -0.15) is 0 Å². The van der Waals surface area contributed by atoms with Gasteiger partial charge in [0.25, 0.3) is 5.91 Å². The number of benzene rings is 1. The summed E-state index contributed by atoms with van der Waals surface area (Å²) in [6.07, 6.45) is 4.88. The number of hydrogen-bond acceptors (Lipinski definition) is 5. The van der Waals surface area contributed by atoms with Crippen LogP contribution in [0.15, 0.2) is 18.2 Å². The number of carbonyl (C=O) groups excluding carboxylic acids is 2. The molecule has 0 saturated carbocycles. The third kappa shape index (κ3) is 3.81. The average molecular weight is 387 g/mol. The molecule has 3 heterocycles. The Morgan fingerprint density at radius 1 is 1.11 bits per heavy atom. The minimum Gasteiger partial charge on any atom is -0.454 e. The van der Waals surface area contributed by atoms with Gasteiger partial charge in [-0.25, -0.2) is 0 Å². The Bertz CT molecular complexity index is 730. The second-order valence-electron chi connectivity index (χ2n) is 7.89. The molecule has 2 fully saturated rings. The summed E-state index contributed by atoms with van der Waals surface area (Å²) in [5.41, 5.74) is 0.551. The molecule has 1 atom stereocenters. The molecule has 4 rings (SSSR count). The summed E-state index contributed by atoms with van der Waals surface area (Å²) in [5.74, 6) is 1.95. The zero-order chi connectivity index (χ0) is 19.5. The number of nitrogens with zero attached hydrogens (tertiary/aromatic N) is 2. The summed E-state index contributed by atoms with van der Waals surface area (Å²) in [6, 6.07) is 4.89. The molecule has 1 unspecified atom stereocenters. The fourth-order valence-corrected chi connectivity index (χ4v) is 4.46. The molecular weight excluding hydrogens is 358 g/mol. The summed E-state index contributed by atoms with van der Waals surface area (Å²) >= 11 is 0. The van der Waals surface area contributed by atoms with Gasteiger partial charge >= 0.3 is 0 Å². The topological polar surface area (TPSA) is 71.1 Å².